The zero-order chi connectivity index (χ0) is 14.7. The molecule has 0 spiro atoms. The Kier molecular flexibility index (Phi) is 4.28. The number of rotatable bonds is 5. The Morgan fingerprint density at radius 1 is 1.00 bits per heavy atom. The highest BCUT2D eigenvalue weighted by Gasteiger charge is 2.12. The second-order valence-electron chi connectivity index (χ2n) is 6.19. The lowest BCUT2D eigenvalue weighted by Gasteiger charge is -2.17. The summed E-state index contributed by atoms with van der Waals surface area (Å²) in [7, 11) is 0. The van der Waals surface area contributed by atoms with Crippen molar-refractivity contribution in [2.75, 3.05) is 5.32 Å². The van der Waals surface area contributed by atoms with Crippen molar-refractivity contribution in [2.24, 2.45) is 0 Å². The molecule has 0 fully saturated rings. The zero-order valence-electron chi connectivity index (χ0n) is 13.2. The van der Waals surface area contributed by atoms with E-state index in [0.717, 1.165) is 0 Å². The maximum absolute atomic E-state index is 3.64. The van der Waals surface area contributed by atoms with Gasteiger partial charge >= 0.3 is 0 Å². The van der Waals surface area contributed by atoms with Gasteiger partial charge in [-0.1, -0.05) is 43.7 Å². The molecule has 1 atom stereocenters. The van der Waals surface area contributed by atoms with Crippen LogP contribution in [0.1, 0.15) is 55.0 Å². The fourth-order valence-electron chi connectivity index (χ4n) is 3.26. The lowest BCUT2D eigenvalue weighted by atomic mass is 10.0. The van der Waals surface area contributed by atoms with Crippen molar-refractivity contribution in [1.29, 1.82) is 0 Å². The van der Waals surface area contributed by atoms with Gasteiger partial charge in [0, 0.05) is 11.7 Å². The Bertz CT molecular complexity index is 598. The molecule has 1 aliphatic carbocycles. The number of hydrogen-bond acceptors (Lipinski definition) is 1. The van der Waals surface area contributed by atoms with Crippen molar-refractivity contribution < 1.29 is 0 Å². The Balaban J connectivity index is 1.69. The molecule has 1 heteroatoms. The van der Waals surface area contributed by atoms with Crippen molar-refractivity contribution in [1.82, 2.24) is 0 Å². The van der Waals surface area contributed by atoms with Crippen LogP contribution in [0.15, 0.2) is 42.5 Å². The molecule has 110 valence electrons. The third kappa shape index (κ3) is 3.29. The monoisotopic (exact) mass is 279 g/mol. The van der Waals surface area contributed by atoms with Crippen LogP contribution in [0.4, 0.5) is 5.69 Å². The highest BCUT2D eigenvalue weighted by molar-refractivity contribution is 5.51. The van der Waals surface area contributed by atoms with Crippen molar-refractivity contribution in [2.45, 2.75) is 52.0 Å². The fourth-order valence-corrected chi connectivity index (χ4v) is 3.26. The second kappa shape index (κ2) is 6.34. The van der Waals surface area contributed by atoms with E-state index in [2.05, 4.69) is 61.6 Å². The molecule has 1 N–H and O–H groups in total. The van der Waals surface area contributed by atoms with Gasteiger partial charge in [-0.05, 0) is 67.0 Å². The van der Waals surface area contributed by atoms with Gasteiger partial charge in [0.2, 0.25) is 0 Å². The Morgan fingerprint density at radius 2 is 1.76 bits per heavy atom. The summed E-state index contributed by atoms with van der Waals surface area (Å²) in [6.07, 6.45) is 6.19. The molecule has 0 heterocycles. The Morgan fingerprint density at radius 3 is 2.52 bits per heavy atom. The van der Waals surface area contributed by atoms with E-state index in [1.54, 1.807) is 0 Å². The van der Waals surface area contributed by atoms with E-state index in [-0.39, 0.29) is 0 Å². The maximum atomic E-state index is 3.64. The van der Waals surface area contributed by atoms with Crippen molar-refractivity contribution in [3.05, 3.63) is 64.7 Å². The first kappa shape index (κ1) is 14.2. The van der Waals surface area contributed by atoms with Crippen LogP contribution >= 0.6 is 0 Å². The summed E-state index contributed by atoms with van der Waals surface area (Å²) in [5.74, 6) is 0. The van der Waals surface area contributed by atoms with Gasteiger partial charge < -0.3 is 5.32 Å². The molecule has 2 aromatic carbocycles. The molecule has 1 nitrogen and oxygen atoms in total. The smallest absolute Gasteiger partial charge is 0.0485 e. The molecular weight excluding hydrogens is 254 g/mol. The van der Waals surface area contributed by atoms with Crippen molar-refractivity contribution >= 4 is 5.69 Å². The average Bonchev–Trinajstić information content (AvgIpc) is 2.96. The first-order valence-electron chi connectivity index (χ1n) is 8.23. The number of hydrogen-bond donors (Lipinski definition) is 1. The number of anilines is 1. The number of fused-ring (bicyclic) bond motifs is 1. The molecule has 1 unspecified atom stereocenters. The van der Waals surface area contributed by atoms with Gasteiger partial charge in [0.1, 0.15) is 0 Å². The summed E-state index contributed by atoms with van der Waals surface area (Å²) in [6.45, 7) is 4.47. The van der Waals surface area contributed by atoms with Crippen LogP contribution in [0.5, 0.6) is 0 Å². The molecule has 0 saturated heterocycles. The Hall–Kier alpha value is -1.76. The quantitative estimate of drug-likeness (QED) is 0.783. The molecule has 0 radical (unpaired) electrons. The van der Waals surface area contributed by atoms with Gasteiger partial charge in [-0.15, -0.1) is 0 Å². The number of benzene rings is 2. The lowest BCUT2D eigenvalue weighted by Crippen LogP contribution is -2.07. The largest absolute Gasteiger partial charge is 0.379 e. The summed E-state index contributed by atoms with van der Waals surface area (Å²) in [5, 5.41) is 3.64. The third-order valence-corrected chi connectivity index (χ3v) is 4.50. The summed E-state index contributed by atoms with van der Waals surface area (Å²) in [4.78, 5) is 0. The molecule has 0 amide bonds. The van der Waals surface area contributed by atoms with E-state index in [1.165, 1.54) is 60.0 Å². The van der Waals surface area contributed by atoms with Gasteiger partial charge in [-0.2, -0.15) is 0 Å². The standard InChI is InChI=1S/C20H25N/c1-3-5-16-8-10-17(11-9-16)15(2)21-20-13-12-18-6-4-7-19(18)14-20/h8-15,21H,3-7H2,1-2H3. The Labute approximate surface area is 128 Å². The minimum Gasteiger partial charge on any atom is -0.379 e. The highest BCUT2D eigenvalue weighted by Crippen LogP contribution is 2.27. The normalized spacial score (nSPS) is 14.8. The summed E-state index contributed by atoms with van der Waals surface area (Å²) >= 11 is 0. The zero-order valence-corrected chi connectivity index (χ0v) is 13.2. The molecule has 0 bridgehead atoms. The molecule has 21 heavy (non-hydrogen) atoms. The number of nitrogens with one attached hydrogen (secondary N) is 1. The SMILES string of the molecule is CCCc1ccc(C(C)Nc2ccc3c(c2)CCC3)cc1. The molecule has 0 aromatic heterocycles. The van der Waals surface area contributed by atoms with E-state index in [1.807, 2.05) is 0 Å². The average molecular weight is 279 g/mol. The molecule has 3 rings (SSSR count). The van der Waals surface area contributed by atoms with E-state index >= 15 is 0 Å². The van der Waals surface area contributed by atoms with E-state index in [9.17, 15) is 0 Å². The van der Waals surface area contributed by atoms with Gasteiger partial charge in [-0.25, -0.2) is 0 Å². The lowest BCUT2D eigenvalue weighted by molar-refractivity contribution is 0.875. The molecule has 2 aromatic rings. The second-order valence-corrected chi connectivity index (χ2v) is 6.19. The van der Waals surface area contributed by atoms with Gasteiger partial charge in [0.15, 0.2) is 0 Å². The van der Waals surface area contributed by atoms with Crippen LogP contribution in [-0.4, -0.2) is 0 Å². The van der Waals surface area contributed by atoms with Gasteiger partial charge in [-0.3, -0.25) is 0 Å². The van der Waals surface area contributed by atoms with Gasteiger partial charge in [0.05, 0.1) is 0 Å². The van der Waals surface area contributed by atoms with Crippen molar-refractivity contribution in [3.63, 3.8) is 0 Å². The predicted molar refractivity (Wildman–Crippen MR) is 90.9 cm³/mol. The summed E-state index contributed by atoms with van der Waals surface area (Å²) < 4.78 is 0. The van der Waals surface area contributed by atoms with Crippen LogP contribution in [0.25, 0.3) is 0 Å². The van der Waals surface area contributed by atoms with Crippen LogP contribution < -0.4 is 5.32 Å². The van der Waals surface area contributed by atoms with Crippen LogP contribution in [0.3, 0.4) is 0 Å². The molecule has 1 aliphatic rings. The first-order chi connectivity index (χ1) is 10.3. The van der Waals surface area contributed by atoms with Crippen LogP contribution in [-0.2, 0) is 19.3 Å². The maximum Gasteiger partial charge on any atom is 0.0485 e. The summed E-state index contributed by atoms with van der Waals surface area (Å²) in [6, 6.07) is 16.3. The fraction of sp³-hybridized carbons (Fsp3) is 0.400. The molecular formula is C20H25N. The third-order valence-electron chi connectivity index (χ3n) is 4.50. The highest BCUT2D eigenvalue weighted by atomic mass is 14.9. The predicted octanol–water partition coefficient (Wildman–Crippen LogP) is 5.30. The minimum atomic E-state index is 0.347. The summed E-state index contributed by atoms with van der Waals surface area (Å²) in [5.41, 5.74) is 7.12. The van der Waals surface area contributed by atoms with Gasteiger partial charge in [0.25, 0.3) is 0 Å². The van der Waals surface area contributed by atoms with Crippen LogP contribution in [0, 0.1) is 0 Å². The van der Waals surface area contributed by atoms with E-state index in [0.29, 0.717) is 6.04 Å². The minimum absolute atomic E-state index is 0.347. The topological polar surface area (TPSA) is 12.0 Å². The molecule has 0 saturated carbocycles. The van der Waals surface area contributed by atoms with Crippen molar-refractivity contribution in [3.8, 4) is 0 Å². The number of aryl methyl sites for hydroxylation is 3. The first-order valence-corrected chi connectivity index (χ1v) is 8.23. The molecule has 0 aliphatic heterocycles. The van der Waals surface area contributed by atoms with Crippen LogP contribution in [0.2, 0.25) is 0 Å². The van der Waals surface area contributed by atoms with E-state index in [4.69, 9.17) is 0 Å². The van der Waals surface area contributed by atoms with E-state index < -0.39 is 0 Å².